The summed E-state index contributed by atoms with van der Waals surface area (Å²) in [4.78, 5) is 12.1. The number of ketones is 1. The Morgan fingerprint density at radius 1 is 1.21 bits per heavy atom. The lowest BCUT2D eigenvalue weighted by molar-refractivity contribution is -0.307. The van der Waals surface area contributed by atoms with E-state index in [0.29, 0.717) is 12.0 Å². The first-order valence-corrected chi connectivity index (χ1v) is 8.24. The van der Waals surface area contributed by atoms with Crippen LogP contribution in [0.5, 0.6) is 0 Å². The summed E-state index contributed by atoms with van der Waals surface area (Å²) in [6.45, 7) is 3.30. The third kappa shape index (κ3) is 3.93. The van der Waals surface area contributed by atoms with Crippen molar-refractivity contribution < 1.29 is 34.7 Å². The molecular formula is C17H26O7. The van der Waals surface area contributed by atoms with Crippen molar-refractivity contribution in [3.63, 3.8) is 0 Å². The molecule has 0 aromatic rings. The predicted molar refractivity (Wildman–Crippen MR) is 85.0 cm³/mol. The number of carbonyl (C=O) groups is 1. The van der Waals surface area contributed by atoms with Crippen molar-refractivity contribution in [2.75, 3.05) is 6.61 Å². The molecule has 4 N–H and O–H groups in total. The van der Waals surface area contributed by atoms with Gasteiger partial charge in [-0.15, -0.1) is 0 Å². The van der Waals surface area contributed by atoms with Crippen molar-refractivity contribution in [2.45, 2.75) is 69.9 Å². The summed E-state index contributed by atoms with van der Waals surface area (Å²) in [6, 6.07) is 0. The molecule has 0 radical (unpaired) electrons. The molecule has 0 spiro atoms. The molecular weight excluding hydrogens is 316 g/mol. The maximum absolute atomic E-state index is 12.1. The molecule has 6 atom stereocenters. The minimum absolute atomic E-state index is 0.0113. The molecule has 1 aliphatic heterocycles. The van der Waals surface area contributed by atoms with Crippen LogP contribution in [0.3, 0.4) is 0 Å². The van der Waals surface area contributed by atoms with Gasteiger partial charge in [-0.1, -0.05) is 19.1 Å². The molecule has 0 aromatic heterocycles. The van der Waals surface area contributed by atoms with E-state index in [1.54, 1.807) is 6.92 Å². The number of hydrogen-bond donors (Lipinski definition) is 4. The zero-order valence-corrected chi connectivity index (χ0v) is 14.0. The van der Waals surface area contributed by atoms with Crippen LogP contribution in [0, 0.1) is 0 Å². The number of carbonyl (C=O) groups excluding carboxylic acids is 1. The topological polar surface area (TPSA) is 116 Å². The first kappa shape index (κ1) is 19.2. The molecule has 136 valence electrons. The van der Waals surface area contributed by atoms with E-state index in [4.69, 9.17) is 9.47 Å². The van der Waals surface area contributed by atoms with Crippen LogP contribution in [0.15, 0.2) is 23.3 Å². The van der Waals surface area contributed by atoms with Gasteiger partial charge in [0.1, 0.15) is 24.4 Å². The average Bonchev–Trinajstić information content (AvgIpc) is 2.83. The molecule has 6 unspecified atom stereocenters. The van der Waals surface area contributed by atoms with Crippen molar-refractivity contribution in [1.29, 1.82) is 0 Å². The van der Waals surface area contributed by atoms with Crippen molar-refractivity contribution in [3.8, 4) is 0 Å². The van der Waals surface area contributed by atoms with Crippen LogP contribution >= 0.6 is 0 Å². The van der Waals surface area contributed by atoms with E-state index < -0.39 is 43.4 Å². The van der Waals surface area contributed by atoms with Gasteiger partial charge in [0.05, 0.1) is 12.7 Å². The minimum Gasteiger partial charge on any atom is -0.394 e. The van der Waals surface area contributed by atoms with Crippen molar-refractivity contribution in [2.24, 2.45) is 0 Å². The molecule has 7 nitrogen and oxygen atoms in total. The van der Waals surface area contributed by atoms with E-state index in [9.17, 15) is 25.2 Å². The number of ether oxygens (including phenoxy) is 2. The van der Waals surface area contributed by atoms with Crippen molar-refractivity contribution >= 4 is 5.78 Å². The van der Waals surface area contributed by atoms with Gasteiger partial charge >= 0.3 is 0 Å². The highest BCUT2D eigenvalue weighted by atomic mass is 16.7. The highest BCUT2D eigenvalue weighted by molar-refractivity contribution is 5.99. The lowest BCUT2D eigenvalue weighted by Crippen LogP contribution is -2.59. The smallest absolute Gasteiger partial charge is 0.187 e. The molecule has 0 saturated carbocycles. The van der Waals surface area contributed by atoms with Gasteiger partial charge in [-0.3, -0.25) is 4.79 Å². The molecule has 24 heavy (non-hydrogen) atoms. The summed E-state index contributed by atoms with van der Waals surface area (Å²) in [5, 5.41) is 38.8. The first-order valence-electron chi connectivity index (χ1n) is 8.24. The largest absolute Gasteiger partial charge is 0.394 e. The summed E-state index contributed by atoms with van der Waals surface area (Å²) >= 11 is 0. The zero-order chi connectivity index (χ0) is 17.9. The van der Waals surface area contributed by atoms with Crippen LogP contribution in [-0.2, 0) is 14.3 Å². The van der Waals surface area contributed by atoms with Gasteiger partial charge in [0.15, 0.2) is 12.1 Å². The van der Waals surface area contributed by atoms with Crippen LogP contribution < -0.4 is 0 Å². The van der Waals surface area contributed by atoms with Crippen LogP contribution in [0.1, 0.15) is 33.1 Å². The Morgan fingerprint density at radius 2 is 1.92 bits per heavy atom. The summed E-state index contributed by atoms with van der Waals surface area (Å²) in [7, 11) is 0. The fraction of sp³-hybridized carbons (Fsp3) is 0.706. The fourth-order valence-corrected chi connectivity index (χ4v) is 2.99. The molecule has 2 rings (SSSR count). The molecule has 1 saturated heterocycles. The molecule has 2 aliphatic rings. The van der Waals surface area contributed by atoms with Gasteiger partial charge in [0.2, 0.25) is 0 Å². The number of allylic oxidation sites excluding steroid dienone is 3. The molecule has 1 fully saturated rings. The zero-order valence-electron chi connectivity index (χ0n) is 14.0. The van der Waals surface area contributed by atoms with E-state index in [1.807, 2.05) is 19.1 Å². The van der Waals surface area contributed by atoms with Crippen LogP contribution in [-0.4, -0.2) is 69.6 Å². The lowest BCUT2D eigenvalue weighted by atomic mass is 9.99. The molecule has 7 heteroatoms. The third-order valence-corrected chi connectivity index (χ3v) is 4.54. The van der Waals surface area contributed by atoms with Gasteiger partial charge < -0.3 is 29.9 Å². The number of aliphatic hydroxyl groups excluding tert-OH is 4. The van der Waals surface area contributed by atoms with Gasteiger partial charge in [-0.05, 0) is 25.3 Å². The van der Waals surface area contributed by atoms with Gasteiger partial charge in [-0.2, -0.15) is 0 Å². The maximum atomic E-state index is 12.1. The lowest BCUT2D eigenvalue weighted by Gasteiger charge is -2.40. The van der Waals surface area contributed by atoms with Crippen LogP contribution in [0.25, 0.3) is 0 Å². The second-order valence-corrected chi connectivity index (χ2v) is 6.19. The molecule has 1 aliphatic carbocycles. The monoisotopic (exact) mass is 342 g/mol. The molecule has 1 heterocycles. The molecule has 0 amide bonds. The van der Waals surface area contributed by atoms with Crippen LogP contribution in [0.2, 0.25) is 0 Å². The van der Waals surface area contributed by atoms with Gasteiger partial charge in [0, 0.05) is 12.0 Å². The highest BCUT2D eigenvalue weighted by Crippen LogP contribution is 2.32. The molecule has 0 aromatic carbocycles. The Labute approximate surface area is 141 Å². The average molecular weight is 342 g/mol. The fourth-order valence-electron chi connectivity index (χ4n) is 2.99. The Hall–Kier alpha value is -1.09. The summed E-state index contributed by atoms with van der Waals surface area (Å²) < 4.78 is 11.0. The van der Waals surface area contributed by atoms with E-state index in [1.165, 1.54) is 0 Å². The van der Waals surface area contributed by atoms with Crippen molar-refractivity contribution in [3.05, 3.63) is 23.3 Å². The quantitative estimate of drug-likeness (QED) is 0.495. The number of hydrogen-bond acceptors (Lipinski definition) is 7. The Morgan fingerprint density at radius 3 is 2.54 bits per heavy atom. The third-order valence-electron chi connectivity index (χ3n) is 4.54. The SMILES string of the molecule is CC/C=C/CC1=C(C)C(OC2OC(CO)C(O)C(O)C2O)CC1=O. The van der Waals surface area contributed by atoms with Gasteiger partial charge in [0.25, 0.3) is 0 Å². The predicted octanol–water partition coefficient (Wildman–Crippen LogP) is -0.183. The van der Waals surface area contributed by atoms with Crippen molar-refractivity contribution in [1.82, 2.24) is 0 Å². The van der Waals surface area contributed by atoms with E-state index in [0.717, 1.165) is 12.0 Å². The molecule has 0 bridgehead atoms. The normalized spacial score (nSPS) is 37.7. The number of aliphatic hydroxyl groups is 4. The summed E-state index contributed by atoms with van der Waals surface area (Å²) in [5.41, 5.74) is 1.46. The van der Waals surface area contributed by atoms with E-state index >= 15 is 0 Å². The Bertz CT molecular complexity index is 511. The highest BCUT2D eigenvalue weighted by Gasteiger charge is 2.45. The standard InChI is InChI=1S/C17H26O7/c1-3-4-5-6-10-9(2)12(7-11(10)19)23-17-16(22)15(21)14(20)13(8-18)24-17/h4-5,12-18,20-22H,3,6-8H2,1-2H3/b5-4+. The van der Waals surface area contributed by atoms with Gasteiger partial charge in [-0.25, -0.2) is 0 Å². The Kier molecular flexibility index (Phi) is 6.68. The summed E-state index contributed by atoms with van der Waals surface area (Å²) in [6.07, 6.45) is -1.68. The van der Waals surface area contributed by atoms with E-state index in [2.05, 4.69) is 0 Å². The number of Topliss-reactive ketones (excluding diaryl/α,β-unsaturated/α-hetero) is 1. The number of rotatable bonds is 6. The first-order chi connectivity index (χ1) is 11.4. The second kappa shape index (κ2) is 8.33. The van der Waals surface area contributed by atoms with Crippen LogP contribution in [0.4, 0.5) is 0 Å². The minimum atomic E-state index is -1.49. The second-order valence-electron chi connectivity index (χ2n) is 6.19. The summed E-state index contributed by atoms with van der Waals surface area (Å²) in [5.74, 6) is -0.0113. The Balaban J connectivity index is 2.07. The maximum Gasteiger partial charge on any atom is 0.187 e. The van der Waals surface area contributed by atoms with E-state index in [-0.39, 0.29) is 12.2 Å².